The fourth-order valence-electron chi connectivity index (χ4n) is 3.49. The van der Waals surface area contributed by atoms with E-state index < -0.39 is 0 Å². The zero-order valence-corrected chi connectivity index (χ0v) is 19.2. The lowest BCUT2D eigenvalue weighted by molar-refractivity contribution is -0.119. The van der Waals surface area contributed by atoms with Crippen molar-refractivity contribution >= 4 is 29.0 Å². The van der Waals surface area contributed by atoms with Gasteiger partial charge >= 0.3 is 0 Å². The number of carbonyl (C=O) groups excluding carboxylic acids is 1. The number of amides is 1. The van der Waals surface area contributed by atoms with E-state index in [0.717, 1.165) is 37.0 Å². The highest BCUT2D eigenvalue weighted by Gasteiger charge is 2.21. The van der Waals surface area contributed by atoms with Crippen molar-refractivity contribution in [2.24, 2.45) is 7.05 Å². The van der Waals surface area contributed by atoms with Crippen LogP contribution in [0.3, 0.4) is 0 Å². The summed E-state index contributed by atoms with van der Waals surface area (Å²) in [7, 11) is 1.94. The Bertz CT molecular complexity index is 962. The number of carbonyl (C=O) groups is 1. The molecule has 1 atom stereocenters. The van der Waals surface area contributed by atoms with Gasteiger partial charge in [0.1, 0.15) is 5.82 Å². The molecule has 0 aliphatic carbocycles. The quantitative estimate of drug-likeness (QED) is 0.498. The third-order valence-corrected chi connectivity index (χ3v) is 7.07. The summed E-state index contributed by atoms with van der Waals surface area (Å²) >= 11 is 3.11. The molecule has 164 valence electrons. The number of aromatic nitrogens is 3. The SMILES string of the molecule is Cn1c(Cc2cccs2)nnc1SCC(=O)NCC1CN(Cc2ccccc2)CCO1. The number of rotatable bonds is 9. The summed E-state index contributed by atoms with van der Waals surface area (Å²) in [5.41, 5.74) is 1.30. The number of thioether (sulfide) groups is 1. The van der Waals surface area contributed by atoms with Crippen molar-refractivity contribution in [1.82, 2.24) is 25.0 Å². The summed E-state index contributed by atoms with van der Waals surface area (Å²) in [6.45, 7) is 3.85. The van der Waals surface area contributed by atoms with Crippen LogP contribution in [0.5, 0.6) is 0 Å². The van der Waals surface area contributed by atoms with E-state index in [4.69, 9.17) is 4.74 Å². The van der Waals surface area contributed by atoms with Crippen molar-refractivity contribution in [3.05, 3.63) is 64.1 Å². The van der Waals surface area contributed by atoms with Crippen molar-refractivity contribution < 1.29 is 9.53 Å². The second-order valence-corrected chi connectivity index (χ2v) is 9.49. The van der Waals surface area contributed by atoms with Gasteiger partial charge in [-0.25, -0.2) is 0 Å². The smallest absolute Gasteiger partial charge is 0.230 e. The van der Waals surface area contributed by atoms with E-state index in [0.29, 0.717) is 18.9 Å². The minimum atomic E-state index is -0.0170. The van der Waals surface area contributed by atoms with Crippen LogP contribution >= 0.6 is 23.1 Å². The minimum Gasteiger partial charge on any atom is -0.374 e. The molecule has 2 aromatic heterocycles. The van der Waals surface area contributed by atoms with Crippen LogP contribution in [0.4, 0.5) is 0 Å². The highest BCUT2D eigenvalue weighted by Crippen LogP contribution is 2.19. The van der Waals surface area contributed by atoms with Gasteiger partial charge in [-0.05, 0) is 17.0 Å². The summed E-state index contributed by atoms with van der Waals surface area (Å²) < 4.78 is 7.80. The maximum Gasteiger partial charge on any atom is 0.230 e. The van der Waals surface area contributed by atoms with Gasteiger partial charge in [-0.3, -0.25) is 9.69 Å². The lowest BCUT2D eigenvalue weighted by Crippen LogP contribution is -2.47. The molecule has 1 aromatic carbocycles. The molecule has 3 heterocycles. The molecular formula is C22H27N5O2S2. The average molecular weight is 458 g/mol. The maximum absolute atomic E-state index is 12.3. The van der Waals surface area contributed by atoms with E-state index in [-0.39, 0.29) is 12.0 Å². The number of nitrogens with one attached hydrogen (secondary N) is 1. The van der Waals surface area contributed by atoms with Crippen LogP contribution in [0, 0.1) is 0 Å². The Morgan fingerprint density at radius 3 is 2.94 bits per heavy atom. The zero-order valence-electron chi connectivity index (χ0n) is 17.6. The van der Waals surface area contributed by atoms with Crippen LogP contribution in [0.1, 0.15) is 16.3 Å². The van der Waals surface area contributed by atoms with E-state index in [1.54, 1.807) is 11.3 Å². The van der Waals surface area contributed by atoms with Crippen molar-refractivity contribution in [3.63, 3.8) is 0 Å². The molecule has 1 fully saturated rings. The monoisotopic (exact) mass is 457 g/mol. The number of nitrogens with zero attached hydrogens (tertiary/aromatic N) is 4. The number of hydrogen-bond acceptors (Lipinski definition) is 7. The Balaban J connectivity index is 1.19. The first-order valence-electron chi connectivity index (χ1n) is 10.4. The molecule has 0 saturated carbocycles. The molecule has 9 heteroatoms. The van der Waals surface area contributed by atoms with Gasteiger partial charge < -0.3 is 14.6 Å². The number of ether oxygens (including phenoxy) is 1. The van der Waals surface area contributed by atoms with Crippen LogP contribution in [0.15, 0.2) is 53.0 Å². The summed E-state index contributed by atoms with van der Waals surface area (Å²) in [5, 5.41) is 14.3. The van der Waals surface area contributed by atoms with Gasteiger partial charge in [-0.2, -0.15) is 0 Å². The van der Waals surface area contributed by atoms with E-state index in [2.05, 4.69) is 56.1 Å². The molecule has 1 saturated heterocycles. The van der Waals surface area contributed by atoms with Crippen LogP contribution in [0.2, 0.25) is 0 Å². The standard InChI is InChI=1S/C22H27N5O2S2/c1-26-20(12-19-8-5-11-30-19)24-25-22(26)31-16-21(28)23-13-18-15-27(9-10-29-18)14-17-6-3-2-4-7-17/h2-8,11,18H,9-10,12-16H2,1H3,(H,23,28). The topological polar surface area (TPSA) is 72.3 Å². The predicted molar refractivity (Wildman–Crippen MR) is 123 cm³/mol. The summed E-state index contributed by atoms with van der Waals surface area (Å²) in [4.78, 5) is 16.0. The molecule has 1 N–H and O–H groups in total. The van der Waals surface area contributed by atoms with Gasteiger partial charge in [-0.15, -0.1) is 21.5 Å². The first kappa shape index (κ1) is 22.0. The fourth-order valence-corrected chi connectivity index (χ4v) is 4.95. The number of hydrogen-bond donors (Lipinski definition) is 1. The van der Waals surface area contributed by atoms with Gasteiger partial charge in [-0.1, -0.05) is 48.2 Å². The maximum atomic E-state index is 12.3. The highest BCUT2D eigenvalue weighted by atomic mass is 32.2. The van der Waals surface area contributed by atoms with E-state index in [1.165, 1.54) is 22.2 Å². The Morgan fingerprint density at radius 2 is 2.13 bits per heavy atom. The van der Waals surface area contributed by atoms with E-state index >= 15 is 0 Å². The number of thiophene rings is 1. The molecule has 0 radical (unpaired) electrons. The van der Waals surface area contributed by atoms with Crippen molar-refractivity contribution in [1.29, 1.82) is 0 Å². The first-order valence-corrected chi connectivity index (χ1v) is 12.2. The lowest BCUT2D eigenvalue weighted by atomic mass is 10.2. The lowest BCUT2D eigenvalue weighted by Gasteiger charge is -2.33. The Labute approximate surface area is 190 Å². The molecule has 31 heavy (non-hydrogen) atoms. The van der Waals surface area contributed by atoms with Gasteiger partial charge in [0.15, 0.2) is 5.16 Å². The second kappa shape index (κ2) is 10.9. The molecule has 0 bridgehead atoms. The molecule has 7 nitrogen and oxygen atoms in total. The van der Waals surface area contributed by atoms with Crippen molar-refractivity contribution in [2.75, 3.05) is 32.0 Å². The van der Waals surface area contributed by atoms with Gasteiger partial charge in [0, 0.05) is 44.5 Å². The third kappa shape index (κ3) is 6.39. The predicted octanol–water partition coefficient (Wildman–Crippen LogP) is 2.58. The third-order valence-electron chi connectivity index (χ3n) is 5.17. The zero-order chi connectivity index (χ0) is 21.5. The van der Waals surface area contributed by atoms with Crippen molar-refractivity contribution in [3.8, 4) is 0 Å². The Hall–Kier alpha value is -2.20. The minimum absolute atomic E-state index is 0.0126. The van der Waals surface area contributed by atoms with Gasteiger partial charge in [0.25, 0.3) is 0 Å². The van der Waals surface area contributed by atoms with Crippen LogP contribution in [0.25, 0.3) is 0 Å². The Morgan fingerprint density at radius 1 is 1.26 bits per heavy atom. The van der Waals surface area contributed by atoms with Crippen molar-refractivity contribution in [2.45, 2.75) is 24.2 Å². The van der Waals surface area contributed by atoms with E-state index in [9.17, 15) is 4.79 Å². The molecule has 3 aromatic rings. The molecule has 4 rings (SSSR count). The summed E-state index contributed by atoms with van der Waals surface area (Å²) in [6, 6.07) is 14.6. The average Bonchev–Trinajstić information content (AvgIpc) is 3.42. The molecule has 1 aliphatic heterocycles. The highest BCUT2D eigenvalue weighted by molar-refractivity contribution is 7.99. The molecule has 0 spiro atoms. The molecular weight excluding hydrogens is 430 g/mol. The summed E-state index contributed by atoms with van der Waals surface area (Å²) in [5.74, 6) is 1.20. The van der Waals surface area contributed by atoms with E-state index in [1.807, 2.05) is 23.7 Å². The molecule has 1 amide bonds. The normalized spacial score (nSPS) is 17.0. The Kier molecular flexibility index (Phi) is 7.74. The van der Waals surface area contributed by atoms with Gasteiger partial charge in [0.05, 0.1) is 18.5 Å². The largest absolute Gasteiger partial charge is 0.374 e. The molecule has 1 unspecified atom stereocenters. The van der Waals surface area contributed by atoms with Crippen LogP contribution in [-0.4, -0.2) is 63.7 Å². The van der Waals surface area contributed by atoms with Gasteiger partial charge in [0.2, 0.25) is 5.91 Å². The number of benzene rings is 1. The molecule has 1 aliphatic rings. The summed E-state index contributed by atoms with van der Waals surface area (Å²) in [6.07, 6.45) is 0.769. The van der Waals surface area contributed by atoms with Crippen LogP contribution in [-0.2, 0) is 29.5 Å². The second-order valence-electron chi connectivity index (χ2n) is 7.52. The first-order chi connectivity index (χ1) is 15.2. The fraction of sp³-hybridized carbons (Fsp3) is 0.409. The number of morpholine rings is 1. The van der Waals surface area contributed by atoms with Crippen LogP contribution < -0.4 is 5.32 Å².